The second kappa shape index (κ2) is 81.4. The molecule has 0 aromatic carbocycles. The van der Waals surface area contributed by atoms with Crippen molar-refractivity contribution in [3.8, 4) is 0 Å². The minimum Gasteiger partial charge on any atom is -0.462 e. The Hall–Kier alpha value is -3.59. The summed E-state index contributed by atoms with van der Waals surface area (Å²) in [6, 6.07) is 0. The molecule has 0 heterocycles. The van der Waals surface area contributed by atoms with Crippen molar-refractivity contribution in [1.82, 2.24) is 0 Å². The van der Waals surface area contributed by atoms with Gasteiger partial charge in [0.1, 0.15) is 6.61 Å². The van der Waals surface area contributed by atoms with Gasteiger partial charge in [0.2, 0.25) is 0 Å². The lowest BCUT2D eigenvalue weighted by molar-refractivity contribution is -0.161. The molecule has 9 nitrogen and oxygen atoms in total. The molecule has 0 aliphatic heterocycles. The van der Waals surface area contributed by atoms with E-state index in [-0.39, 0.29) is 38.6 Å². The smallest absolute Gasteiger partial charge is 0.462 e. The molecule has 2 atom stereocenters. The van der Waals surface area contributed by atoms with Crippen LogP contribution in [0.15, 0.2) is 122 Å². The number of hydrogen-bond acceptors (Lipinski definition) is 8. The van der Waals surface area contributed by atoms with Crippen LogP contribution in [0.5, 0.6) is 0 Å². The molecule has 0 radical (unpaired) electrons. The minimum atomic E-state index is -4.40. The predicted octanol–water partition coefficient (Wildman–Crippen LogP) is 27.8. The zero-order valence-corrected chi connectivity index (χ0v) is 64.2. The van der Waals surface area contributed by atoms with Gasteiger partial charge in [-0.1, -0.05) is 386 Å². The average molecular weight is 1370 g/mol. The second-order valence-corrected chi connectivity index (χ2v) is 28.7. The third-order valence-corrected chi connectivity index (χ3v) is 18.8. The van der Waals surface area contributed by atoms with Gasteiger partial charge in [-0.25, -0.2) is 4.57 Å². The van der Waals surface area contributed by atoms with Crippen LogP contribution in [0.25, 0.3) is 0 Å². The lowest BCUT2D eigenvalue weighted by Crippen LogP contribution is -2.29. The van der Waals surface area contributed by atoms with Gasteiger partial charge in [-0.05, 0) is 109 Å². The molecule has 0 bridgehead atoms. The van der Waals surface area contributed by atoms with Crippen molar-refractivity contribution in [3.05, 3.63) is 122 Å². The van der Waals surface area contributed by atoms with Crippen molar-refractivity contribution in [3.63, 3.8) is 0 Å². The fourth-order valence-corrected chi connectivity index (χ4v) is 12.6. The maximum absolute atomic E-state index is 12.8. The Kier molecular flexibility index (Phi) is 78.4. The predicted molar refractivity (Wildman–Crippen MR) is 422 cm³/mol. The van der Waals surface area contributed by atoms with E-state index in [0.29, 0.717) is 6.42 Å². The van der Waals surface area contributed by atoms with E-state index in [1.54, 1.807) is 0 Å². The van der Waals surface area contributed by atoms with Gasteiger partial charge in [0.25, 0.3) is 0 Å². The van der Waals surface area contributed by atoms with Gasteiger partial charge >= 0.3 is 19.8 Å². The van der Waals surface area contributed by atoms with Crippen molar-refractivity contribution in [1.29, 1.82) is 0 Å². The molecule has 2 unspecified atom stereocenters. The number of phosphoric acid groups is 1. The molecular weight excluding hydrogens is 1220 g/mol. The van der Waals surface area contributed by atoms with Crippen molar-refractivity contribution >= 4 is 19.8 Å². The Bertz CT molecular complexity index is 2020. The highest BCUT2D eigenvalue weighted by Gasteiger charge is 2.26. The summed E-state index contributed by atoms with van der Waals surface area (Å²) in [7, 11) is -4.40. The molecule has 0 aliphatic rings. The van der Waals surface area contributed by atoms with Gasteiger partial charge in [-0.3, -0.25) is 18.6 Å². The minimum absolute atomic E-state index is 0.0519. The molecule has 0 aliphatic carbocycles. The summed E-state index contributed by atoms with van der Waals surface area (Å²) >= 11 is 0. The van der Waals surface area contributed by atoms with Crippen molar-refractivity contribution in [2.75, 3.05) is 26.4 Å². The van der Waals surface area contributed by atoms with Crippen molar-refractivity contribution in [2.24, 2.45) is 5.73 Å². The summed E-state index contributed by atoms with van der Waals surface area (Å²) in [6.45, 7) is 3.67. The number of allylic oxidation sites excluding steroid dienone is 20. The fourth-order valence-electron chi connectivity index (χ4n) is 11.8. The highest BCUT2D eigenvalue weighted by Crippen LogP contribution is 2.43. The zero-order chi connectivity index (χ0) is 70.0. The van der Waals surface area contributed by atoms with Gasteiger partial charge in [0.15, 0.2) is 6.10 Å². The van der Waals surface area contributed by atoms with Gasteiger partial charge < -0.3 is 20.1 Å². The number of unbranched alkanes of at least 4 members (excludes halogenated alkanes) is 44. The molecule has 0 aromatic heterocycles. The quantitative estimate of drug-likeness (QED) is 0.0264. The number of phosphoric ester groups is 1. The third kappa shape index (κ3) is 81.3. The van der Waals surface area contributed by atoms with E-state index in [9.17, 15) is 19.0 Å². The van der Waals surface area contributed by atoms with Crippen LogP contribution in [-0.4, -0.2) is 49.3 Å². The van der Waals surface area contributed by atoms with Crippen LogP contribution in [0, 0.1) is 0 Å². The highest BCUT2D eigenvalue weighted by atomic mass is 31.2. The summed E-state index contributed by atoms with van der Waals surface area (Å²) in [5, 5.41) is 0. The molecule has 0 spiro atoms. The Morgan fingerprint density at radius 1 is 0.320 bits per heavy atom. The summed E-state index contributed by atoms with van der Waals surface area (Å²) in [5.41, 5.74) is 5.42. The number of ether oxygens (including phenoxy) is 2. The van der Waals surface area contributed by atoms with Gasteiger partial charge in [0.05, 0.1) is 13.2 Å². The number of carbonyl (C=O) groups is 2. The van der Waals surface area contributed by atoms with Crippen molar-refractivity contribution in [2.45, 2.75) is 392 Å². The van der Waals surface area contributed by atoms with E-state index >= 15 is 0 Å². The lowest BCUT2D eigenvalue weighted by Gasteiger charge is -2.19. The largest absolute Gasteiger partial charge is 0.472 e. The van der Waals surface area contributed by atoms with Crippen LogP contribution in [0.1, 0.15) is 386 Å². The highest BCUT2D eigenvalue weighted by molar-refractivity contribution is 7.47. The maximum Gasteiger partial charge on any atom is 0.472 e. The fraction of sp³-hybridized carbons (Fsp3) is 0.747. The Morgan fingerprint density at radius 2 is 0.567 bits per heavy atom. The number of esters is 2. The topological polar surface area (TPSA) is 134 Å². The van der Waals surface area contributed by atoms with E-state index in [0.717, 1.165) is 96.3 Å². The van der Waals surface area contributed by atoms with E-state index in [4.69, 9.17) is 24.3 Å². The first-order chi connectivity index (χ1) is 47.8. The molecule has 0 aromatic rings. The molecular formula is C87H154NO8P. The van der Waals surface area contributed by atoms with E-state index in [1.165, 1.54) is 257 Å². The number of rotatable bonds is 77. The molecule has 3 N–H and O–H groups in total. The molecule has 0 saturated carbocycles. The third-order valence-electron chi connectivity index (χ3n) is 17.8. The summed E-state index contributed by atoms with van der Waals surface area (Å²) < 4.78 is 33.3. The normalized spacial score (nSPS) is 13.5. The first kappa shape index (κ1) is 93.4. The average Bonchev–Trinajstić information content (AvgIpc) is 2.57. The first-order valence-electron chi connectivity index (χ1n) is 41.0. The van der Waals surface area contributed by atoms with Crippen molar-refractivity contribution < 1.29 is 37.6 Å². The maximum atomic E-state index is 12.8. The molecule has 0 amide bonds. The summed E-state index contributed by atoms with van der Waals surface area (Å²) in [6.07, 6.45) is 115. The number of hydrogen-bond donors (Lipinski definition) is 2. The van der Waals surface area contributed by atoms with E-state index < -0.39 is 26.5 Å². The van der Waals surface area contributed by atoms with Crippen LogP contribution >= 0.6 is 7.82 Å². The molecule has 97 heavy (non-hydrogen) atoms. The Labute approximate surface area is 600 Å². The lowest BCUT2D eigenvalue weighted by atomic mass is 10.0. The molecule has 0 rings (SSSR count). The van der Waals surface area contributed by atoms with E-state index in [1.807, 2.05) is 0 Å². The second-order valence-electron chi connectivity index (χ2n) is 27.3. The number of carbonyl (C=O) groups excluding carboxylic acids is 2. The van der Waals surface area contributed by atoms with E-state index in [2.05, 4.69) is 135 Å². The van der Waals surface area contributed by atoms with Crippen LogP contribution in [0.3, 0.4) is 0 Å². The number of nitrogens with two attached hydrogens (primary N) is 1. The van der Waals surface area contributed by atoms with Crippen LogP contribution in [0.2, 0.25) is 0 Å². The van der Waals surface area contributed by atoms with Crippen LogP contribution < -0.4 is 5.73 Å². The van der Waals surface area contributed by atoms with Gasteiger partial charge in [-0.15, -0.1) is 0 Å². The first-order valence-corrected chi connectivity index (χ1v) is 42.5. The molecule has 0 fully saturated rings. The summed E-state index contributed by atoms with van der Waals surface area (Å²) in [5.74, 6) is -0.813. The molecule has 10 heteroatoms. The van der Waals surface area contributed by atoms with Gasteiger partial charge in [-0.2, -0.15) is 0 Å². The Balaban J connectivity index is 3.80. The molecule has 560 valence electrons. The monoisotopic (exact) mass is 1370 g/mol. The van der Waals surface area contributed by atoms with Crippen LogP contribution in [-0.2, 0) is 32.7 Å². The van der Waals surface area contributed by atoms with Crippen LogP contribution in [0.4, 0.5) is 0 Å². The SMILES string of the molecule is CC/C=C\C/C=C\C/C=C\C/C=C\C/C=C\C/C=C\C/C=C\C/C=C\CCCCCCCCCCCCCCCCCCC(=O)OC(COC(=O)CCCCCCCCCCCCCCCCCCCCCCCCC/C=C\C/C=C\CCCCCCC)COP(=O)(O)OCCN. The zero-order valence-electron chi connectivity index (χ0n) is 63.3. The van der Waals surface area contributed by atoms with Gasteiger partial charge in [0, 0.05) is 19.4 Å². The standard InChI is InChI=1S/C87H154NO8P/c1-3-5-7-9-11-13-15-17-19-21-23-25-27-29-31-33-35-37-39-40-41-42-43-44-46-48-50-52-54-56-58-60-62-64-66-68-70-72-74-76-78-80-87(90)96-85(84-95-97(91,92)94-82-81-88)83-93-86(89)79-77-75-73-71-69-67-65-63-61-59-57-55-53-51-49-47-45-38-36-34-32-30-28-26-24-22-20-18-16-14-12-10-8-6-4-2/h5,7,11,13,16-19,22-25,29,31,35,37,40-41,43-44,85H,3-4,6,8-10,12,14-15,20-21,26-28,30,32-34,36,38-39,42,45-84,88H2,1-2H3,(H,91,92)/b7-5-,13-11-,18-16-,19-17-,24-22-,25-23-,31-29-,37-35-,41-40-,44-43-. The Morgan fingerprint density at radius 3 is 0.845 bits per heavy atom. The molecule has 0 saturated heterocycles. The summed E-state index contributed by atoms with van der Waals surface area (Å²) in [4.78, 5) is 35.5.